The molecule has 1 amide bonds. The summed E-state index contributed by atoms with van der Waals surface area (Å²) < 4.78 is 25.7. The van der Waals surface area contributed by atoms with Gasteiger partial charge in [-0.25, -0.2) is 13.4 Å². The highest BCUT2D eigenvalue weighted by molar-refractivity contribution is 7.91. The van der Waals surface area contributed by atoms with Crippen LogP contribution >= 0.6 is 0 Å². The van der Waals surface area contributed by atoms with Crippen molar-refractivity contribution < 1.29 is 13.2 Å². The Bertz CT molecular complexity index is 1340. The second-order valence-electron chi connectivity index (χ2n) is 7.99. The van der Waals surface area contributed by atoms with Crippen LogP contribution in [-0.4, -0.2) is 52.1 Å². The highest BCUT2D eigenvalue weighted by Crippen LogP contribution is 2.30. The van der Waals surface area contributed by atoms with Gasteiger partial charge in [0.05, 0.1) is 34.3 Å². The summed E-state index contributed by atoms with van der Waals surface area (Å²) >= 11 is 0. The molecule has 164 valence electrons. The number of nitrogens with zero attached hydrogens (tertiary/aromatic N) is 3. The van der Waals surface area contributed by atoms with E-state index in [1.54, 1.807) is 10.7 Å². The van der Waals surface area contributed by atoms with Crippen molar-refractivity contribution in [1.82, 2.24) is 25.1 Å². The quantitative estimate of drug-likeness (QED) is 0.470. The van der Waals surface area contributed by atoms with Gasteiger partial charge in [0, 0.05) is 13.0 Å². The summed E-state index contributed by atoms with van der Waals surface area (Å²) in [5.41, 5.74) is 3.77. The van der Waals surface area contributed by atoms with Crippen molar-refractivity contribution in [3.05, 3.63) is 72.2 Å². The van der Waals surface area contributed by atoms with E-state index in [-0.39, 0.29) is 29.1 Å². The van der Waals surface area contributed by atoms with Gasteiger partial charge < -0.3 is 10.3 Å². The number of hydrogen-bond acceptors (Lipinski definition) is 5. The van der Waals surface area contributed by atoms with Crippen molar-refractivity contribution in [3.63, 3.8) is 0 Å². The number of amides is 1. The fourth-order valence-corrected chi connectivity index (χ4v) is 5.78. The lowest BCUT2D eigenvalue weighted by atomic mass is 10.1. The van der Waals surface area contributed by atoms with E-state index in [0.717, 1.165) is 28.1 Å². The van der Waals surface area contributed by atoms with Crippen LogP contribution in [0.3, 0.4) is 0 Å². The van der Waals surface area contributed by atoms with Gasteiger partial charge >= 0.3 is 0 Å². The summed E-state index contributed by atoms with van der Waals surface area (Å²) in [6, 6.07) is 18.8. The van der Waals surface area contributed by atoms with Gasteiger partial charge in [0.1, 0.15) is 5.82 Å². The highest BCUT2D eigenvalue weighted by atomic mass is 32.2. The second-order valence-corrected chi connectivity index (χ2v) is 10.2. The number of carbonyl (C=O) groups is 1. The maximum Gasteiger partial charge on any atom is 0.271 e. The predicted octanol–water partition coefficient (Wildman–Crippen LogP) is 2.76. The minimum absolute atomic E-state index is 0.0433. The molecule has 9 heteroatoms. The Balaban J connectivity index is 1.34. The van der Waals surface area contributed by atoms with Gasteiger partial charge in [0.25, 0.3) is 5.91 Å². The first-order chi connectivity index (χ1) is 15.5. The van der Waals surface area contributed by atoms with Crippen LogP contribution in [0.2, 0.25) is 0 Å². The molecule has 1 aliphatic rings. The molecule has 4 aromatic rings. The van der Waals surface area contributed by atoms with Crippen LogP contribution in [0.15, 0.2) is 60.7 Å². The Kier molecular flexibility index (Phi) is 5.26. The smallest absolute Gasteiger partial charge is 0.271 e. The molecule has 1 atom stereocenters. The first-order valence-electron chi connectivity index (χ1n) is 10.6. The minimum Gasteiger partial charge on any atom is -0.350 e. The molecule has 0 unspecified atom stereocenters. The molecule has 32 heavy (non-hydrogen) atoms. The summed E-state index contributed by atoms with van der Waals surface area (Å²) in [6.07, 6.45) is 1.06. The number of hydrogen-bond donors (Lipinski definition) is 2. The van der Waals surface area contributed by atoms with Crippen LogP contribution in [0.4, 0.5) is 0 Å². The van der Waals surface area contributed by atoms with Crippen LogP contribution in [0.5, 0.6) is 0 Å². The monoisotopic (exact) mass is 449 g/mol. The van der Waals surface area contributed by atoms with Crippen molar-refractivity contribution in [1.29, 1.82) is 0 Å². The van der Waals surface area contributed by atoms with Crippen LogP contribution in [-0.2, 0) is 16.3 Å². The molecule has 2 aromatic heterocycles. The Morgan fingerprint density at radius 1 is 1.12 bits per heavy atom. The van der Waals surface area contributed by atoms with Gasteiger partial charge in [-0.3, -0.25) is 9.48 Å². The molecule has 0 aliphatic carbocycles. The fraction of sp³-hybridized carbons (Fsp3) is 0.261. The zero-order valence-electron chi connectivity index (χ0n) is 17.4. The molecular weight excluding hydrogens is 426 g/mol. The Morgan fingerprint density at radius 2 is 1.91 bits per heavy atom. The van der Waals surface area contributed by atoms with E-state index in [4.69, 9.17) is 0 Å². The number of para-hydroxylation sites is 2. The average molecular weight is 450 g/mol. The van der Waals surface area contributed by atoms with Crippen LogP contribution < -0.4 is 5.32 Å². The van der Waals surface area contributed by atoms with Crippen molar-refractivity contribution in [2.45, 2.75) is 18.9 Å². The molecule has 1 saturated heterocycles. The van der Waals surface area contributed by atoms with E-state index in [9.17, 15) is 13.2 Å². The number of carbonyl (C=O) groups excluding carboxylic acids is 1. The molecule has 0 saturated carbocycles. The standard InChI is InChI=1S/C23H23N5O3S/c29-23(24-12-10-22-25-18-8-4-5-9-19(18)26-22)20-14-21(16-6-2-1-3-7-16)28(27-20)17-11-13-32(30,31)15-17/h1-9,14,17H,10-13,15H2,(H,24,29)(H,25,26)/t17-/m1/s1. The summed E-state index contributed by atoms with van der Waals surface area (Å²) in [4.78, 5) is 20.6. The largest absolute Gasteiger partial charge is 0.350 e. The topological polar surface area (TPSA) is 110 Å². The first-order valence-corrected chi connectivity index (χ1v) is 12.4. The summed E-state index contributed by atoms with van der Waals surface area (Å²) in [5.74, 6) is 0.697. The third-order valence-electron chi connectivity index (χ3n) is 5.68. The molecule has 5 rings (SSSR count). The van der Waals surface area contributed by atoms with E-state index in [1.165, 1.54) is 0 Å². The molecular formula is C23H23N5O3S. The number of aromatic amines is 1. The van der Waals surface area contributed by atoms with Gasteiger partial charge in [-0.05, 0) is 30.2 Å². The Labute approximate surface area is 185 Å². The normalized spacial score (nSPS) is 17.6. The van der Waals surface area contributed by atoms with E-state index >= 15 is 0 Å². The van der Waals surface area contributed by atoms with Crippen molar-refractivity contribution in [2.75, 3.05) is 18.1 Å². The third kappa shape index (κ3) is 4.16. The van der Waals surface area contributed by atoms with Crippen molar-refractivity contribution in [3.8, 4) is 11.3 Å². The molecule has 1 fully saturated rings. The SMILES string of the molecule is O=C(NCCc1nc2ccccc2[nH]1)c1cc(-c2ccccc2)n([C@@H]2CCS(=O)(=O)C2)n1. The predicted molar refractivity (Wildman–Crippen MR) is 122 cm³/mol. The molecule has 2 aromatic carbocycles. The molecule has 2 N–H and O–H groups in total. The van der Waals surface area contributed by atoms with Crippen LogP contribution in [0.25, 0.3) is 22.3 Å². The number of aromatic nitrogens is 4. The van der Waals surface area contributed by atoms with Gasteiger partial charge in [0.15, 0.2) is 15.5 Å². The number of H-pyrrole nitrogens is 1. The Morgan fingerprint density at radius 3 is 2.66 bits per heavy atom. The van der Waals surface area contributed by atoms with E-state index in [2.05, 4.69) is 20.4 Å². The zero-order valence-corrected chi connectivity index (χ0v) is 18.2. The fourth-order valence-electron chi connectivity index (χ4n) is 4.09. The van der Waals surface area contributed by atoms with Crippen LogP contribution in [0, 0.1) is 0 Å². The first kappa shape index (κ1) is 20.4. The number of rotatable bonds is 6. The number of sulfone groups is 1. The summed E-state index contributed by atoms with van der Waals surface area (Å²) in [5, 5.41) is 7.41. The van der Waals surface area contributed by atoms with Crippen molar-refractivity contribution >= 4 is 26.8 Å². The summed E-state index contributed by atoms with van der Waals surface area (Å²) in [7, 11) is -3.08. The molecule has 0 radical (unpaired) electrons. The average Bonchev–Trinajstić information content (AvgIpc) is 3.50. The van der Waals surface area contributed by atoms with Gasteiger partial charge in [0.2, 0.25) is 0 Å². The second kappa shape index (κ2) is 8.23. The maximum absolute atomic E-state index is 12.8. The Hall–Kier alpha value is -3.46. The van der Waals surface area contributed by atoms with Crippen LogP contribution in [0.1, 0.15) is 28.8 Å². The zero-order chi connectivity index (χ0) is 22.1. The molecule has 1 aliphatic heterocycles. The highest BCUT2D eigenvalue weighted by Gasteiger charge is 2.32. The van der Waals surface area contributed by atoms with E-state index in [1.807, 2.05) is 54.6 Å². The number of fused-ring (bicyclic) bond motifs is 1. The summed E-state index contributed by atoms with van der Waals surface area (Å²) in [6.45, 7) is 0.407. The molecule has 0 spiro atoms. The van der Waals surface area contributed by atoms with Gasteiger partial charge in [-0.1, -0.05) is 42.5 Å². The maximum atomic E-state index is 12.8. The molecule has 0 bridgehead atoms. The van der Waals surface area contributed by atoms with Crippen molar-refractivity contribution in [2.24, 2.45) is 0 Å². The number of nitrogens with one attached hydrogen (secondary N) is 2. The molecule has 3 heterocycles. The minimum atomic E-state index is -3.08. The van der Waals surface area contributed by atoms with Gasteiger partial charge in [-0.2, -0.15) is 5.10 Å². The van der Waals surface area contributed by atoms with Gasteiger partial charge in [-0.15, -0.1) is 0 Å². The number of imidazole rings is 1. The lowest BCUT2D eigenvalue weighted by Crippen LogP contribution is -2.26. The van der Waals surface area contributed by atoms with E-state index < -0.39 is 9.84 Å². The number of benzene rings is 2. The lowest BCUT2D eigenvalue weighted by Gasteiger charge is -2.13. The third-order valence-corrected chi connectivity index (χ3v) is 7.43. The molecule has 8 nitrogen and oxygen atoms in total. The van der Waals surface area contributed by atoms with E-state index in [0.29, 0.717) is 19.4 Å². The lowest BCUT2D eigenvalue weighted by molar-refractivity contribution is 0.0948.